The molecule has 1 spiro atoms. The minimum absolute atomic E-state index is 0.00941. The van der Waals surface area contributed by atoms with Crippen molar-refractivity contribution >= 4 is 23.0 Å². The number of aliphatic hydroxyl groups is 1. The van der Waals surface area contributed by atoms with Gasteiger partial charge in [0.05, 0.1) is 36.5 Å². The summed E-state index contributed by atoms with van der Waals surface area (Å²) in [7, 11) is 1.20. The van der Waals surface area contributed by atoms with Gasteiger partial charge in [-0.2, -0.15) is 13.2 Å². The van der Waals surface area contributed by atoms with Crippen LogP contribution in [0.3, 0.4) is 0 Å². The Morgan fingerprint density at radius 1 is 1.23 bits per heavy atom. The van der Waals surface area contributed by atoms with Crippen LogP contribution in [0, 0.1) is 6.92 Å². The van der Waals surface area contributed by atoms with E-state index in [4.69, 9.17) is 14.2 Å². The standard InChI is InChI=1S/C24H27F3N2O6/c1-12-19-17(13-7-6-8-14(18(13)28-12)24(25,26)27)16(30)10-23(34-19)9-15(20(31)33-5)29(11-23)21(32)35-22(2,3)4/h6-8,15-16,30H,9-11H2,1-5H3/t15-,16?,23-/m0/s1. The van der Waals surface area contributed by atoms with E-state index in [0.29, 0.717) is 0 Å². The first-order valence-corrected chi connectivity index (χ1v) is 11.1. The molecule has 1 N–H and O–H groups in total. The number of pyridine rings is 1. The molecule has 1 aromatic heterocycles. The molecule has 11 heteroatoms. The van der Waals surface area contributed by atoms with Gasteiger partial charge in [0.25, 0.3) is 0 Å². The van der Waals surface area contributed by atoms with E-state index in [0.717, 1.165) is 6.07 Å². The largest absolute Gasteiger partial charge is 0.483 e. The van der Waals surface area contributed by atoms with Gasteiger partial charge in [-0.1, -0.05) is 12.1 Å². The highest BCUT2D eigenvalue weighted by molar-refractivity contribution is 5.89. The Bertz CT molecular complexity index is 1190. The second-order valence-electron chi connectivity index (χ2n) is 10.00. The van der Waals surface area contributed by atoms with Crippen LogP contribution in [0.2, 0.25) is 0 Å². The van der Waals surface area contributed by atoms with Crippen molar-refractivity contribution in [3.8, 4) is 5.75 Å². The molecule has 0 aliphatic carbocycles. The molecule has 1 amide bonds. The van der Waals surface area contributed by atoms with Crippen molar-refractivity contribution in [1.82, 2.24) is 9.88 Å². The lowest BCUT2D eigenvalue weighted by molar-refractivity contribution is -0.146. The second-order valence-corrected chi connectivity index (χ2v) is 10.00. The number of aryl methyl sites for hydroxylation is 1. The minimum Gasteiger partial charge on any atom is -0.483 e. The summed E-state index contributed by atoms with van der Waals surface area (Å²) in [6.07, 6.45) is -6.63. The summed E-state index contributed by atoms with van der Waals surface area (Å²) in [4.78, 5) is 30.8. The van der Waals surface area contributed by atoms with Gasteiger partial charge >= 0.3 is 18.2 Å². The van der Waals surface area contributed by atoms with E-state index in [9.17, 15) is 27.9 Å². The molecule has 1 fully saturated rings. The van der Waals surface area contributed by atoms with E-state index < -0.39 is 47.2 Å². The Hall–Kier alpha value is -3.08. The Balaban J connectivity index is 1.77. The van der Waals surface area contributed by atoms with Crippen LogP contribution in [0.5, 0.6) is 5.75 Å². The number of benzene rings is 1. The molecule has 1 aromatic carbocycles. The van der Waals surface area contributed by atoms with Gasteiger partial charge in [-0.15, -0.1) is 0 Å². The van der Waals surface area contributed by atoms with Crippen molar-refractivity contribution in [2.45, 2.75) is 70.1 Å². The molecule has 2 aliphatic heterocycles. The lowest BCUT2D eigenvalue weighted by atomic mass is 9.85. The molecule has 0 saturated carbocycles. The fourth-order valence-corrected chi connectivity index (χ4v) is 4.85. The molecule has 1 saturated heterocycles. The maximum Gasteiger partial charge on any atom is 0.418 e. The Morgan fingerprint density at radius 3 is 2.51 bits per heavy atom. The van der Waals surface area contributed by atoms with Crippen molar-refractivity contribution in [3.63, 3.8) is 0 Å². The first-order chi connectivity index (χ1) is 16.2. The maximum absolute atomic E-state index is 13.6. The third kappa shape index (κ3) is 4.49. The lowest BCUT2D eigenvalue weighted by Crippen LogP contribution is -2.46. The quantitative estimate of drug-likeness (QED) is 0.588. The van der Waals surface area contributed by atoms with E-state index in [1.54, 1.807) is 20.8 Å². The zero-order chi connectivity index (χ0) is 25.9. The zero-order valence-electron chi connectivity index (χ0n) is 20.0. The number of hydrogen-bond acceptors (Lipinski definition) is 7. The van der Waals surface area contributed by atoms with Crippen LogP contribution >= 0.6 is 0 Å². The molecule has 0 radical (unpaired) electrons. The number of ether oxygens (including phenoxy) is 3. The van der Waals surface area contributed by atoms with Crippen LogP contribution in [0.15, 0.2) is 18.2 Å². The van der Waals surface area contributed by atoms with Crippen LogP contribution in [0.25, 0.3) is 10.9 Å². The summed E-state index contributed by atoms with van der Waals surface area (Å²) in [6.45, 7) is 6.48. The molecule has 8 nitrogen and oxygen atoms in total. The molecule has 4 rings (SSSR count). The number of nitrogens with zero attached hydrogens (tertiary/aromatic N) is 2. The average molecular weight is 496 g/mol. The maximum atomic E-state index is 13.6. The second kappa shape index (κ2) is 8.25. The Kier molecular flexibility index (Phi) is 5.90. The van der Waals surface area contributed by atoms with Gasteiger partial charge in [0, 0.05) is 23.8 Å². The third-order valence-electron chi connectivity index (χ3n) is 6.20. The van der Waals surface area contributed by atoms with Crippen molar-refractivity contribution < 1.29 is 42.1 Å². The normalized spacial score (nSPS) is 24.3. The number of esters is 1. The number of hydrogen-bond donors (Lipinski definition) is 1. The van der Waals surface area contributed by atoms with Crippen LogP contribution in [-0.2, 0) is 20.4 Å². The van der Waals surface area contributed by atoms with Crippen LogP contribution < -0.4 is 4.74 Å². The van der Waals surface area contributed by atoms with Gasteiger partial charge in [-0.25, -0.2) is 14.6 Å². The first-order valence-electron chi connectivity index (χ1n) is 11.1. The van der Waals surface area contributed by atoms with Crippen LogP contribution in [-0.4, -0.2) is 58.0 Å². The van der Waals surface area contributed by atoms with Crippen molar-refractivity contribution in [1.29, 1.82) is 0 Å². The highest BCUT2D eigenvalue weighted by atomic mass is 19.4. The summed E-state index contributed by atoms with van der Waals surface area (Å²) >= 11 is 0. The van der Waals surface area contributed by atoms with Crippen molar-refractivity contribution in [2.75, 3.05) is 13.7 Å². The van der Waals surface area contributed by atoms with Crippen molar-refractivity contribution in [2.24, 2.45) is 0 Å². The molecular weight excluding hydrogens is 469 g/mol. The summed E-state index contributed by atoms with van der Waals surface area (Å²) in [5.41, 5.74) is -2.82. The highest BCUT2D eigenvalue weighted by Crippen LogP contribution is 2.50. The number of carbonyl (C=O) groups excluding carboxylic acids is 2. The average Bonchev–Trinajstić information content (AvgIpc) is 3.09. The minimum atomic E-state index is -4.62. The Labute approximate surface area is 200 Å². The number of likely N-dealkylation sites (tertiary alicyclic amines) is 1. The summed E-state index contributed by atoms with van der Waals surface area (Å²) in [6, 6.07) is 2.63. The van der Waals surface area contributed by atoms with E-state index in [2.05, 4.69) is 4.98 Å². The smallest absolute Gasteiger partial charge is 0.418 e. The SMILES string of the molecule is COC(=O)[C@@H]1C[C@]2(CC(O)c3c(c(C)nc4c(C(F)(F)F)cccc34)O2)CN1C(=O)OC(C)(C)C. The van der Waals surface area contributed by atoms with Gasteiger partial charge in [0.15, 0.2) is 0 Å². The molecule has 3 atom stereocenters. The number of methoxy groups -OCH3 is 1. The predicted molar refractivity (Wildman–Crippen MR) is 118 cm³/mol. The monoisotopic (exact) mass is 496 g/mol. The molecule has 0 bridgehead atoms. The number of alkyl halides is 3. The fraction of sp³-hybridized carbons (Fsp3) is 0.542. The number of rotatable bonds is 1. The molecule has 35 heavy (non-hydrogen) atoms. The van der Waals surface area contributed by atoms with Gasteiger partial charge in [-0.05, 0) is 33.8 Å². The number of amides is 1. The fourth-order valence-electron chi connectivity index (χ4n) is 4.85. The van der Waals surface area contributed by atoms with Gasteiger partial charge in [0.1, 0.15) is 23.0 Å². The molecular formula is C24H27F3N2O6. The molecule has 1 unspecified atom stereocenters. The van der Waals surface area contributed by atoms with Gasteiger partial charge < -0.3 is 19.3 Å². The third-order valence-corrected chi connectivity index (χ3v) is 6.20. The summed E-state index contributed by atoms with van der Waals surface area (Å²) < 4.78 is 57.4. The summed E-state index contributed by atoms with van der Waals surface area (Å²) in [5.74, 6) is -0.523. The number of aromatic nitrogens is 1. The van der Waals surface area contributed by atoms with Crippen molar-refractivity contribution in [3.05, 3.63) is 35.0 Å². The van der Waals surface area contributed by atoms with E-state index >= 15 is 0 Å². The molecule has 2 aromatic rings. The number of fused-ring (bicyclic) bond motifs is 3. The zero-order valence-corrected chi connectivity index (χ0v) is 20.0. The highest BCUT2D eigenvalue weighted by Gasteiger charge is 2.55. The lowest BCUT2D eigenvalue weighted by Gasteiger charge is -2.39. The molecule has 2 aliphatic rings. The number of halogens is 3. The van der Waals surface area contributed by atoms with E-state index in [1.807, 2.05) is 0 Å². The van der Waals surface area contributed by atoms with E-state index in [-0.39, 0.29) is 47.3 Å². The van der Waals surface area contributed by atoms with E-state index in [1.165, 1.54) is 31.1 Å². The van der Waals surface area contributed by atoms with Gasteiger partial charge in [0.2, 0.25) is 0 Å². The Morgan fingerprint density at radius 2 is 1.91 bits per heavy atom. The van der Waals surface area contributed by atoms with Crippen LogP contribution in [0.4, 0.5) is 18.0 Å². The molecule has 190 valence electrons. The summed E-state index contributed by atoms with van der Waals surface area (Å²) in [5, 5.41) is 11.3. The van der Waals surface area contributed by atoms with Gasteiger partial charge in [-0.3, -0.25) is 4.90 Å². The molecule has 3 heterocycles. The number of aliphatic hydroxyl groups excluding tert-OH is 1. The predicted octanol–water partition coefficient (Wildman–Crippen LogP) is 4.30. The number of para-hydroxylation sites is 1. The first kappa shape index (κ1) is 25.0. The topological polar surface area (TPSA) is 98.2 Å². The number of carbonyl (C=O) groups is 2. The van der Waals surface area contributed by atoms with Crippen LogP contribution in [0.1, 0.15) is 56.5 Å².